The molecule has 1 saturated heterocycles. The standard InChI is InChI=1S/C7H10Br2O/c1-7(9)3-5-4(10-5)2-6(7)8/h4-6H,2-3H2,1H3. The first kappa shape index (κ1) is 7.56. The highest BCUT2D eigenvalue weighted by Gasteiger charge is 2.51. The quantitative estimate of drug-likeness (QED) is 0.486. The molecule has 2 rings (SSSR count). The van der Waals surface area contributed by atoms with Gasteiger partial charge in [0.25, 0.3) is 0 Å². The molecular weight excluding hydrogens is 260 g/mol. The predicted octanol–water partition coefficient (Wildman–Crippen LogP) is 2.46. The van der Waals surface area contributed by atoms with Gasteiger partial charge in [0.1, 0.15) is 0 Å². The van der Waals surface area contributed by atoms with Gasteiger partial charge >= 0.3 is 0 Å². The van der Waals surface area contributed by atoms with Gasteiger partial charge < -0.3 is 4.74 Å². The molecule has 4 unspecified atom stereocenters. The largest absolute Gasteiger partial charge is 0.369 e. The summed E-state index contributed by atoms with van der Waals surface area (Å²) < 4.78 is 5.68. The van der Waals surface area contributed by atoms with E-state index in [1.165, 1.54) is 0 Å². The lowest BCUT2D eigenvalue weighted by Crippen LogP contribution is -2.35. The van der Waals surface area contributed by atoms with E-state index in [2.05, 4.69) is 38.8 Å². The second-order valence-electron chi connectivity index (χ2n) is 3.40. The Balaban J connectivity index is 2.08. The number of alkyl halides is 2. The van der Waals surface area contributed by atoms with Gasteiger partial charge in [-0.15, -0.1) is 0 Å². The number of fused-ring (bicyclic) bond motifs is 1. The van der Waals surface area contributed by atoms with Crippen molar-refractivity contribution in [1.29, 1.82) is 0 Å². The van der Waals surface area contributed by atoms with Crippen molar-refractivity contribution in [2.75, 3.05) is 0 Å². The second kappa shape index (κ2) is 2.20. The van der Waals surface area contributed by atoms with Gasteiger partial charge in [0, 0.05) is 9.15 Å². The Morgan fingerprint density at radius 1 is 1.50 bits per heavy atom. The molecule has 2 aliphatic rings. The molecule has 0 aromatic heterocycles. The van der Waals surface area contributed by atoms with Gasteiger partial charge in [0.2, 0.25) is 0 Å². The molecule has 3 heteroatoms. The number of epoxide rings is 1. The molecule has 1 nitrogen and oxygen atoms in total. The molecule has 4 atom stereocenters. The van der Waals surface area contributed by atoms with Crippen molar-refractivity contribution in [1.82, 2.24) is 0 Å². The molecule has 0 bridgehead atoms. The highest BCUT2D eigenvalue weighted by Crippen LogP contribution is 2.48. The van der Waals surface area contributed by atoms with Crippen LogP contribution in [0, 0.1) is 0 Å². The summed E-state index contributed by atoms with van der Waals surface area (Å²) in [6.45, 7) is 2.23. The van der Waals surface area contributed by atoms with Crippen LogP contribution < -0.4 is 0 Å². The van der Waals surface area contributed by atoms with Gasteiger partial charge in [-0.3, -0.25) is 0 Å². The first-order valence-corrected chi connectivity index (χ1v) is 5.29. The summed E-state index contributed by atoms with van der Waals surface area (Å²) in [5.41, 5.74) is 0. The summed E-state index contributed by atoms with van der Waals surface area (Å²) in [4.78, 5) is 0.573. The van der Waals surface area contributed by atoms with E-state index >= 15 is 0 Å². The monoisotopic (exact) mass is 268 g/mol. The van der Waals surface area contributed by atoms with E-state index in [9.17, 15) is 0 Å². The highest BCUT2D eigenvalue weighted by atomic mass is 79.9. The summed E-state index contributed by atoms with van der Waals surface area (Å²) in [5, 5.41) is 0. The van der Waals surface area contributed by atoms with Crippen molar-refractivity contribution in [2.45, 2.75) is 41.1 Å². The Morgan fingerprint density at radius 3 is 2.80 bits per heavy atom. The third-order valence-corrected chi connectivity index (χ3v) is 5.26. The van der Waals surface area contributed by atoms with Crippen molar-refractivity contribution in [3.05, 3.63) is 0 Å². The zero-order valence-corrected chi connectivity index (χ0v) is 8.98. The lowest BCUT2D eigenvalue weighted by atomic mass is 9.91. The molecule has 10 heavy (non-hydrogen) atoms. The molecular formula is C7H10Br2O. The normalized spacial score (nSPS) is 59.7. The van der Waals surface area contributed by atoms with Crippen LogP contribution in [0.5, 0.6) is 0 Å². The molecule has 2 fully saturated rings. The molecule has 1 heterocycles. The Bertz CT molecular complexity index is 158. The highest BCUT2D eigenvalue weighted by molar-refractivity contribution is 9.12. The maximum absolute atomic E-state index is 5.42. The molecule has 0 aromatic rings. The molecule has 0 spiro atoms. The minimum absolute atomic E-state index is 0.255. The molecule has 1 saturated carbocycles. The average molecular weight is 270 g/mol. The fourth-order valence-electron chi connectivity index (χ4n) is 1.54. The van der Waals surface area contributed by atoms with E-state index in [-0.39, 0.29) is 4.32 Å². The smallest absolute Gasteiger partial charge is 0.0856 e. The van der Waals surface area contributed by atoms with E-state index in [0.29, 0.717) is 17.0 Å². The molecule has 0 radical (unpaired) electrons. The number of halogens is 2. The minimum Gasteiger partial charge on any atom is -0.369 e. The predicted molar refractivity (Wildman–Crippen MR) is 47.9 cm³/mol. The van der Waals surface area contributed by atoms with Crippen LogP contribution in [0.15, 0.2) is 0 Å². The first-order chi connectivity index (χ1) is 4.59. The van der Waals surface area contributed by atoms with Crippen LogP contribution in [0.25, 0.3) is 0 Å². The van der Waals surface area contributed by atoms with Crippen LogP contribution in [-0.2, 0) is 4.74 Å². The van der Waals surface area contributed by atoms with Crippen LogP contribution in [0.3, 0.4) is 0 Å². The number of hydrogen-bond donors (Lipinski definition) is 0. The maximum atomic E-state index is 5.42. The van der Waals surface area contributed by atoms with Crippen LogP contribution >= 0.6 is 31.9 Å². The van der Waals surface area contributed by atoms with E-state index in [4.69, 9.17) is 4.74 Å². The van der Waals surface area contributed by atoms with Crippen LogP contribution in [0.4, 0.5) is 0 Å². The molecule has 58 valence electrons. The van der Waals surface area contributed by atoms with E-state index < -0.39 is 0 Å². The summed E-state index contributed by atoms with van der Waals surface area (Å²) in [7, 11) is 0. The number of ether oxygens (including phenoxy) is 1. The van der Waals surface area contributed by atoms with Gasteiger partial charge in [-0.25, -0.2) is 0 Å². The van der Waals surface area contributed by atoms with Gasteiger partial charge in [0.05, 0.1) is 12.2 Å². The van der Waals surface area contributed by atoms with Crippen LogP contribution in [-0.4, -0.2) is 21.4 Å². The van der Waals surface area contributed by atoms with Gasteiger partial charge in [-0.05, 0) is 19.8 Å². The van der Waals surface area contributed by atoms with Crippen molar-refractivity contribution >= 4 is 31.9 Å². The SMILES string of the molecule is CC1(Br)CC2OC2CC1Br. The van der Waals surface area contributed by atoms with Crippen LogP contribution in [0.2, 0.25) is 0 Å². The Kier molecular flexibility index (Phi) is 1.67. The van der Waals surface area contributed by atoms with Gasteiger partial charge in [-0.1, -0.05) is 31.9 Å². The zero-order valence-electron chi connectivity index (χ0n) is 5.81. The Morgan fingerprint density at radius 2 is 2.20 bits per heavy atom. The first-order valence-electron chi connectivity index (χ1n) is 3.58. The summed E-state index contributed by atoms with van der Waals surface area (Å²) in [6, 6.07) is 0. The third-order valence-electron chi connectivity index (χ3n) is 2.38. The van der Waals surface area contributed by atoms with E-state index in [1.54, 1.807) is 0 Å². The zero-order chi connectivity index (χ0) is 7.35. The van der Waals surface area contributed by atoms with Crippen molar-refractivity contribution in [3.63, 3.8) is 0 Å². The summed E-state index contributed by atoms with van der Waals surface area (Å²) in [5.74, 6) is 0. The van der Waals surface area contributed by atoms with Crippen molar-refractivity contribution in [2.24, 2.45) is 0 Å². The Labute approximate surface area is 77.8 Å². The number of rotatable bonds is 0. The van der Waals surface area contributed by atoms with Crippen LogP contribution in [0.1, 0.15) is 19.8 Å². The lowest BCUT2D eigenvalue weighted by molar-refractivity contribution is 0.371. The maximum Gasteiger partial charge on any atom is 0.0856 e. The van der Waals surface area contributed by atoms with Gasteiger partial charge in [-0.2, -0.15) is 0 Å². The molecule has 1 aliphatic heterocycles. The molecule has 0 N–H and O–H groups in total. The fourth-order valence-corrected chi connectivity index (χ4v) is 2.60. The van der Waals surface area contributed by atoms with E-state index in [0.717, 1.165) is 12.8 Å². The Hall–Kier alpha value is 0.920. The average Bonchev–Trinajstić information content (AvgIpc) is 2.44. The summed E-state index contributed by atoms with van der Waals surface area (Å²) >= 11 is 7.35. The van der Waals surface area contributed by atoms with E-state index in [1.807, 2.05) is 0 Å². The molecule has 1 aliphatic carbocycles. The number of hydrogen-bond acceptors (Lipinski definition) is 1. The molecule has 0 aromatic carbocycles. The van der Waals surface area contributed by atoms with Gasteiger partial charge in [0.15, 0.2) is 0 Å². The second-order valence-corrected chi connectivity index (χ2v) is 6.32. The lowest BCUT2D eigenvalue weighted by Gasteiger charge is -2.30. The minimum atomic E-state index is 0.255. The van der Waals surface area contributed by atoms with Crippen molar-refractivity contribution in [3.8, 4) is 0 Å². The van der Waals surface area contributed by atoms with Crippen molar-refractivity contribution < 1.29 is 4.74 Å². The third kappa shape index (κ3) is 1.16. The summed E-state index contributed by atoms with van der Waals surface area (Å²) in [6.07, 6.45) is 3.42. The molecule has 0 amide bonds. The fraction of sp³-hybridized carbons (Fsp3) is 1.00. The topological polar surface area (TPSA) is 12.5 Å².